The number of benzene rings is 1. The van der Waals surface area contributed by atoms with E-state index in [4.69, 9.17) is 5.73 Å². The van der Waals surface area contributed by atoms with Gasteiger partial charge in [0.25, 0.3) is 0 Å². The number of rotatable bonds is 2. The molecule has 0 aliphatic rings. The Hall–Kier alpha value is -1.95. The average Bonchev–Trinajstić information content (AvgIpc) is 2.37. The lowest BCUT2D eigenvalue weighted by molar-refractivity contribution is -0.137. The number of halogens is 4. The summed E-state index contributed by atoms with van der Waals surface area (Å²) in [6, 6.07) is 4.95. The van der Waals surface area contributed by atoms with Crippen LogP contribution >= 0.6 is 0 Å². The molecule has 0 fully saturated rings. The molecule has 1 aromatic carbocycles. The van der Waals surface area contributed by atoms with Gasteiger partial charge in [-0.25, -0.2) is 4.39 Å². The van der Waals surface area contributed by atoms with Crippen molar-refractivity contribution in [3.05, 3.63) is 64.7 Å². The molecule has 0 aliphatic heterocycles. The Morgan fingerprint density at radius 2 is 1.90 bits per heavy atom. The third-order valence-electron chi connectivity index (χ3n) is 2.87. The maximum atomic E-state index is 13.6. The van der Waals surface area contributed by atoms with Gasteiger partial charge >= 0.3 is 6.18 Å². The van der Waals surface area contributed by atoms with E-state index in [1.54, 1.807) is 0 Å². The van der Waals surface area contributed by atoms with E-state index in [0.717, 1.165) is 12.1 Å². The van der Waals surface area contributed by atoms with Gasteiger partial charge in [0.2, 0.25) is 0 Å². The molecule has 0 radical (unpaired) electrons. The highest BCUT2D eigenvalue weighted by atomic mass is 19.4. The minimum atomic E-state index is -4.47. The van der Waals surface area contributed by atoms with Crippen molar-refractivity contribution in [3.63, 3.8) is 0 Å². The fraction of sp³-hybridized carbons (Fsp3) is 0.214. The van der Waals surface area contributed by atoms with Crippen LogP contribution in [0.25, 0.3) is 0 Å². The van der Waals surface area contributed by atoms with Crippen LogP contribution in [0, 0.1) is 12.7 Å². The van der Waals surface area contributed by atoms with Crippen molar-refractivity contribution in [2.75, 3.05) is 0 Å². The van der Waals surface area contributed by atoms with Crippen LogP contribution in [0.2, 0.25) is 0 Å². The normalized spacial score (nSPS) is 13.3. The fourth-order valence-electron chi connectivity index (χ4n) is 1.94. The van der Waals surface area contributed by atoms with Gasteiger partial charge in [-0.15, -0.1) is 0 Å². The second-order valence-corrected chi connectivity index (χ2v) is 4.48. The standard InChI is InChI=1S/C14H12F4N2/c1-8-5-9(7-10(6-8)14(16,17)18)12(19)13-11(15)3-2-4-20-13/h2-7,12H,19H2,1H3/t12-/m0/s1. The molecule has 2 nitrogen and oxygen atoms in total. The summed E-state index contributed by atoms with van der Waals surface area (Å²) in [6.07, 6.45) is -3.12. The van der Waals surface area contributed by atoms with Gasteiger partial charge in [-0.1, -0.05) is 11.6 Å². The number of aryl methyl sites for hydroxylation is 1. The van der Waals surface area contributed by atoms with E-state index in [1.807, 2.05) is 0 Å². The predicted octanol–water partition coefficient (Wildman–Crippen LogP) is 3.60. The molecule has 1 heterocycles. The number of nitrogens with two attached hydrogens (primary N) is 1. The molecule has 1 atom stereocenters. The smallest absolute Gasteiger partial charge is 0.319 e. The quantitative estimate of drug-likeness (QED) is 0.856. The first kappa shape index (κ1) is 14.5. The first-order valence-electron chi connectivity index (χ1n) is 5.84. The van der Waals surface area contributed by atoms with Crippen LogP contribution in [0.5, 0.6) is 0 Å². The van der Waals surface area contributed by atoms with E-state index in [2.05, 4.69) is 4.98 Å². The molecule has 6 heteroatoms. The third-order valence-corrected chi connectivity index (χ3v) is 2.87. The Kier molecular flexibility index (Phi) is 3.76. The van der Waals surface area contributed by atoms with E-state index in [-0.39, 0.29) is 11.3 Å². The summed E-state index contributed by atoms with van der Waals surface area (Å²) in [6.45, 7) is 1.53. The zero-order valence-corrected chi connectivity index (χ0v) is 10.6. The van der Waals surface area contributed by atoms with Gasteiger partial charge in [0.1, 0.15) is 5.82 Å². The fourth-order valence-corrected chi connectivity index (χ4v) is 1.94. The molecule has 2 aromatic rings. The van der Waals surface area contributed by atoms with Crippen LogP contribution in [0.1, 0.15) is 28.4 Å². The molecule has 1 aromatic heterocycles. The highest BCUT2D eigenvalue weighted by Crippen LogP contribution is 2.32. The maximum Gasteiger partial charge on any atom is 0.416 e. The molecule has 0 spiro atoms. The van der Waals surface area contributed by atoms with Gasteiger partial charge < -0.3 is 5.73 Å². The summed E-state index contributed by atoms with van der Waals surface area (Å²) < 4.78 is 51.9. The number of pyridine rings is 1. The van der Waals surface area contributed by atoms with Crippen molar-refractivity contribution in [3.8, 4) is 0 Å². The van der Waals surface area contributed by atoms with Gasteiger partial charge in [-0.05, 0) is 36.8 Å². The van der Waals surface area contributed by atoms with Crippen LogP contribution in [0.3, 0.4) is 0 Å². The van der Waals surface area contributed by atoms with Gasteiger partial charge in [-0.2, -0.15) is 13.2 Å². The monoisotopic (exact) mass is 284 g/mol. The van der Waals surface area contributed by atoms with Crippen molar-refractivity contribution in [1.82, 2.24) is 4.98 Å². The molecule has 20 heavy (non-hydrogen) atoms. The lowest BCUT2D eigenvalue weighted by atomic mass is 9.98. The minimum absolute atomic E-state index is 0.0776. The third kappa shape index (κ3) is 2.96. The molecule has 0 bridgehead atoms. The van der Waals surface area contributed by atoms with Crippen LogP contribution in [0.15, 0.2) is 36.5 Å². The van der Waals surface area contributed by atoms with E-state index in [1.165, 1.54) is 31.3 Å². The number of alkyl halides is 3. The van der Waals surface area contributed by atoms with Crippen molar-refractivity contribution < 1.29 is 17.6 Å². The zero-order valence-electron chi connectivity index (χ0n) is 10.6. The summed E-state index contributed by atoms with van der Waals surface area (Å²) in [7, 11) is 0. The Balaban J connectivity index is 2.48. The zero-order chi connectivity index (χ0) is 14.9. The van der Waals surface area contributed by atoms with Gasteiger partial charge in [0.05, 0.1) is 17.3 Å². The predicted molar refractivity (Wildman–Crippen MR) is 66.4 cm³/mol. The van der Waals surface area contributed by atoms with Crippen molar-refractivity contribution in [2.45, 2.75) is 19.1 Å². The molecular weight excluding hydrogens is 272 g/mol. The summed E-state index contributed by atoms with van der Waals surface area (Å²) in [5, 5.41) is 0. The molecule has 106 valence electrons. The Morgan fingerprint density at radius 3 is 2.50 bits per heavy atom. The summed E-state index contributed by atoms with van der Waals surface area (Å²) in [5.74, 6) is -0.643. The number of hydrogen-bond donors (Lipinski definition) is 1. The Labute approximate surface area is 113 Å². The number of aromatic nitrogens is 1. The summed E-state index contributed by atoms with van der Waals surface area (Å²) >= 11 is 0. The SMILES string of the molecule is Cc1cc([C@H](N)c2ncccc2F)cc(C(F)(F)F)c1. The van der Waals surface area contributed by atoms with Crippen molar-refractivity contribution in [1.29, 1.82) is 0 Å². The van der Waals surface area contributed by atoms with Gasteiger partial charge in [-0.3, -0.25) is 4.98 Å². The highest BCUT2D eigenvalue weighted by molar-refractivity contribution is 5.36. The number of hydrogen-bond acceptors (Lipinski definition) is 2. The van der Waals surface area contributed by atoms with Crippen LogP contribution in [-0.4, -0.2) is 4.98 Å². The maximum absolute atomic E-state index is 13.6. The molecular formula is C14H12F4N2. The second kappa shape index (κ2) is 5.20. The lowest BCUT2D eigenvalue weighted by Crippen LogP contribution is -2.17. The largest absolute Gasteiger partial charge is 0.416 e. The molecule has 0 aliphatic carbocycles. The van der Waals surface area contributed by atoms with E-state index < -0.39 is 23.6 Å². The first-order chi connectivity index (χ1) is 9.29. The molecule has 0 saturated heterocycles. The summed E-state index contributed by atoms with van der Waals surface area (Å²) in [4.78, 5) is 3.79. The minimum Gasteiger partial charge on any atom is -0.319 e. The molecule has 0 saturated carbocycles. The molecule has 2 rings (SSSR count). The Bertz CT molecular complexity index is 623. The average molecular weight is 284 g/mol. The highest BCUT2D eigenvalue weighted by Gasteiger charge is 2.31. The Morgan fingerprint density at radius 1 is 1.20 bits per heavy atom. The van der Waals surface area contributed by atoms with Crippen LogP contribution < -0.4 is 5.73 Å². The number of nitrogens with zero attached hydrogens (tertiary/aromatic N) is 1. The van der Waals surface area contributed by atoms with Gasteiger partial charge in [0, 0.05) is 6.20 Å². The van der Waals surface area contributed by atoms with E-state index in [0.29, 0.717) is 5.56 Å². The molecule has 0 amide bonds. The van der Waals surface area contributed by atoms with Crippen LogP contribution in [-0.2, 0) is 6.18 Å². The van der Waals surface area contributed by atoms with Crippen molar-refractivity contribution >= 4 is 0 Å². The molecule has 2 N–H and O–H groups in total. The summed E-state index contributed by atoms with van der Waals surface area (Å²) in [5.41, 5.74) is 5.52. The van der Waals surface area contributed by atoms with Crippen molar-refractivity contribution in [2.24, 2.45) is 5.73 Å². The topological polar surface area (TPSA) is 38.9 Å². The van der Waals surface area contributed by atoms with E-state index >= 15 is 0 Å². The van der Waals surface area contributed by atoms with Gasteiger partial charge in [0.15, 0.2) is 0 Å². The molecule has 0 unspecified atom stereocenters. The second-order valence-electron chi connectivity index (χ2n) is 4.48. The first-order valence-corrected chi connectivity index (χ1v) is 5.84. The lowest BCUT2D eigenvalue weighted by Gasteiger charge is -2.16. The van der Waals surface area contributed by atoms with Crippen LogP contribution in [0.4, 0.5) is 17.6 Å². The van der Waals surface area contributed by atoms with E-state index in [9.17, 15) is 17.6 Å².